The molecule has 4 rings (SSSR count). The Morgan fingerprint density at radius 1 is 1.24 bits per heavy atom. The highest BCUT2D eigenvalue weighted by Crippen LogP contribution is 2.41. The number of carbonyl (C=O) groups is 1. The van der Waals surface area contributed by atoms with E-state index in [4.69, 9.17) is 10.2 Å². The van der Waals surface area contributed by atoms with Gasteiger partial charge < -0.3 is 15.1 Å². The predicted octanol–water partition coefficient (Wildman–Crippen LogP) is 2.65. The van der Waals surface area contributed by atoms with E-state index in [0.717, 1.165) is 19.2 Å². The van der Waals surface area contributed by atoms with E-state index in [0.29, 0.717) is 5.89 Å². The summed E-state index contributed by atoms with van der Waals surface area (Å²) in [4.78, 5) is 13.5. The largest absolute Gasteiger partial charge is 0.420 e. The Kier molecular flexibility index (Phi) is 5.98. The van der Waals surface area contributed by atoms with Gasteiger partial charge in [0.15, 0.2) is 0 Å². The van der Waals surface area contributed by atoms with Crippen LogP contribution in [0, 0.1) is 5.82 Å². The first-order valence-corrected chi connectivity index (χ1v) is 11.6. The average molecular weight is 472 g/mol. The van der Waals surface area contributed by atoms with Gasteiger partial charge in [-0.1, -0.05) is 24.3 Å². The van der Waals surface area contributed by atoms with Crippen LogP contribution in [0.3, 0.4) is 0 Å². The van der Waals surface area contributed by atoms with Gasteiger partial charge in [-0.3, -0.25) is 4.79 Å². The van der Waals surface area contributed by atoms with E-state index in [9.17, 15) is 17.6 Å². The van der Waals surface area contributed by atoms with Gasteiger partial charge in [-0.2, -0.15) is 8.42 Å². The number of hydrogen-bond donors (Lipinski definition) is 1. The standard InChI is InChI=1S/C22H22FN5O4S/c1-28(2)12-25-33(30,31)18-11-14(19(20(24)29)15-5-3-4-6-17(15)23)9-10-16(18)22-27-26-21(32-22)13-7-8-13/h3-6,9-13,19H,7-8H2,1-2H3,(H2,24,29). The number of hydrogen-bond acceptors (Lipinski definition) is 6. The lowest BCUT2D eigenvalue weighted by molar-refractivity contribution is -0.118. The highest BCUT2D eigenvalue weighted by Gasteiger charge is 2.32. The Morgan fingerprint density at radius 2 is 1.97 bits per heavy atom. The van der Waals surface area contributed by atoms with Crippen molar-refractivity contribution in [1.82, 2.24) is 15.1 Å². The predicted molar refractivity (Wildman–Crippen MR) is 119 cm³/mol. The summed E-state index contributed by atoms with van der Waals surface area (Å²) in [6.07, 6.45) is 3.00. The minimum absolute atomic E-state index is 0.0172. The van der Waals surface area contributed by atoms with Crippen molar-refractivity contribution in [3.63, 3.8) is 0 Å². The Hall–Kier alpha value is -3.60. The number of sulfonamides is 1. The molecule has 0 radical (unpaired) electrons. The van der Waals surface area contributed by atoms with Crippen LogP contribution in [0.5, 0.6) is 0 Å². The zero-order valence-corrected chi connectivity index (χ0v) is 18.8. The Balaban J connectivity index is 1.88. The third-order valence-corrected chi connectivity index (χ3v) is 6.40. The number of nitrogens with zero attached hydrogens (tertiary/aromatic N) is 4. The fourth-order valence-corrected chi connectivity index (χ4v) is 4.51. The summed E-state index contributed by atoms with van der Waals surface area (Å²) >= 11 is 0. The zero-order chi connectivity index (χ0) is 23.8. The van der Waals surface area contributed by atoms with Crippen LogP contribution in [0.25, 0.3) is 11.5 Å². The fraction of sp³-hybridized carbons (Fsp3) is 0.273. The Morgan fingerprint density at radius 3 is 2.61 bits per heavy atom. The maximum Gasteiger partial charge on any atom is 0.284 e. The summed E-state index contributed by atoms with van der Waals surface area (Å²) in [7, 11) is -1.00. The maximum absolute atomic E-state index is 14.5. The quantitative estimate of drug-likeness (QED) is 0.395. The molecule has 2 N–H and O–H groups in total. The van der Waals surface area contributed by atoms with Crippen molar-refractivity contribution < 1.29 is 22.0 Å². The zero-order valence-electron chi connectivity index (χ0n) is 18.0. The first-order chi connectivity index (χ1) is 15.7. The topological polar surface area (TPSA) is 132 Å². The van der Waals surface area contributed by atoms with E-state index in [1.807, 2.05) is 0 Å². The minimum Gasteiger partial charge on any atom is -0.420 e. The molecule has 0 saturated heterocycles. The lowest BCUT2D eigenvalue weighted by Crippen LogP contribution is -2.23. The van der Waals surface area contributed by atoms with Crippen molar-refractivity contribution >= 4 is 22.3 Å². The van der Waals surface area contributed by atoms with Crippen molar-refractivity contribution in [3.05, 3.63) is 65.3 Å². The molecule has 1 saturated carbocycles. The molecular formula is C22H22FN5O4S. The summed E-state index contributed by atoms with van der Waals surface area (Å²) in [5, 5.41) is 8.02. The summed E-state index contributed by atoms with van der Waals surface area (Å²) < 4.78 is 50.1. The molecule has 1 aliphatic rings. The van der Waals surface area contributed by atoms with E-state index >= 15 is 0 Å². The third kappa shape index (κ3) is 4.77. The molecule has 2 aromatic carbocycles. The van der Waals surface area contributed by atoms with Crippen molar-refractivity contribution in [1.29, 1.82) is 0 Å². The van der Waals surface area contributed by atoms with E-state index in [1.165, 1.54) is 41.3 Å². The van der Waals surface area contributed by atoms with Crippen LogP contribution in [0.15, 0.2) is 56.2 Å². The molecule has 33 heavy (non-hydrogen) atoms. The van der Waals surface area contributed by atoms with Gasteiger partial charge in [0.05, 0.1) is 11.5 Å². The molecule has 1 aliphatic carbocycles. The monoisotopic (exact) mass is 471 g/mol. The SMILES string of the molecule is CN(C)C=NS(=O)(=O)c1cc(C(C(N)=O)c2ccccc2F)ccc1-c1nnc(C2CC2)o1. The number of primary amides is 1. The smallest absolute Gasteiger partial charge is 0.284 e. The lowest BCUT2D eigenvalue weighted by atomic mass is 9.89. The number of halogens is 1. The van der Waals surface area contributed by atoms with Crippen molar-refractivity contribution in [2.24, 2.45) is 10.1 Å². The Bertz CT molecular complexity index is 1330. The van der Waals surface area contributed by atoms with Gasteiger partial charge in [0.1, 0.15) is 17.1 Å². The Labute approximate surface area is 190 Å². The molecule has 1 fully saturated rings. The van der Waals surface area contributed by atoms with Gasteiger partial charge in [0, 0.05) is 25.6 Å². The molecule has 1 amide bonds. The second-order valence-electron chi connectivity index (χ2n) is 7.99. The van der Waals surface area contributed by atoms with Gasteiger partial charge >= 0.3 is 0 Å². The second-order valence-corrected chi connectivity index (χ2v) is 9.59. The molecule has 1 atom stereocenters. The van der Waals surface area contributed by atoms with Gasteiger partial charge in [0.2, 0.25) is 17.7 Å². The van der Waals surface area contributed by atoms with Crippen LogP contribution in [-0.4, -0.2) is 49.9 Å². The van der Waals surface area contributed by atoms with Crippen LogP contribution >= 0.6 is 0 Å². The van der Waals surface area contributed by atoms with Crippen LogP contribution in [0.4, 0.5) is 4.39 Å². The van der Waals surface area contributed by atoms with E-state index < -0.39 is 27.7 Å². The average Bonchev–Trinajstić information content (AvgIpc) is 3.50. The van der Waals surface area contributed by atoms with Crippen LogP contribution in [0.2, 0.25) is 0 Å². The highest BCUT2D eigenvalue weighted by atomic mass is 32.2. The highest BCUT2D eigenvalue weighted by molar-refractivity contribution is 7.90. The molecule has 1 heterocycles. The van der Waals surface area contributed by atoms with Gasteiger partial charge in [-0.05, 0) is 36.6 Å². The lowest BCUT2D eigenvalue weighted by Gasteiger charge is -2.17. The number of nitrogens with two attached hydrogens (primary N) is 1. The summed E-state index contributed by atoms with van der Waals surface area (Å²) in [5.74, 6) is -2.04. The molecule has 3 aromatic rings. The molecule has 0 spiro atoms. The number of amides is 1. The van der Waals surface area contributed by atoms with Gasteiger partial charge in [-0.25, -0.2) is 4.39 Å². The van der Waals surface area contributed by atoms with Gasteiger partial charge in [-0.15, -0.1) is 14.6 Å². The molecule has 172 valence electrons. The first kappa shape index (κ1) is 22.6. The van der Waals surface area contributed by atoms with Crippen LogP contribution < -0.4 is 5.73 Å². The van der Waals surface area contributed by atoms with Crippen LogP contribution in [0.1, 0.15) is 41.7 Å². The number of aromatic nitrogens is 2. The minimum atomic E-state index is -4.25. The molecule has 11 heteroatoms. The van der Waals surface area contributed by atoms with Gasteiger partial charge in [0.25, 0.3) is 10.0 Å². The van der Waals surface area contributed by atoms with E-state index in [1.54, 1.807) is 20.2 Å². The molecule has 9 nitrogen and oxygen atoms in total. The maximum atomic E-state index is 14.5. The number of carbonyl (C=O) groups excluding carboxylic acids is 1. The fourth-order valence-electron chi connectivity index (χ4n) is 3.37. The van der Waals surface area contributed by atoms with Crippen molar-refractivity contribution in [3.8, 4) is 11.5 Å². The normalized spacial score (nSPS) is 15.0. The summed E-state index contributed by atoms with van der Waals surface area (Å²) in [5.41, 5.74) is 5.94. The van der Waals surface area contributed by atoms with Crippen molar-refractivity contribution in [2.45, 2.75) is 29.6 Å². The molecule has 1 unspecified atom stereocenters. The number of benzene rings is 2. The number of rotatable bonds is 8. The molecule has 0 aliphatic heterocycles. The third-order valence-electron chi connectivity index (χ3n) is 5.13. The summed E-state index contributed by atoms with van der Waals surface area (Å²) in [6.45, 7) is 0. The second kappa shape index (κ2) is 8.74. The first-order valence-electron chi connectivity index (χ1n) is 10.2. The van der Waals surface area contributed by atoms with Crippen LogP contribution in [-0.2, 0) is 14.8 Å². The molecule has 1 aromatic heterocycles. The van der Waals surface area contributed by atoms with Crippen molar-refractivity contribution in [2.75, 3.05) is 14.1 Å². The molecular weight excluding hydrogens is 449 g/mol. The molecule has 0 bridgehead atoms. The van der Waals surface area contributed by atoms with E-state index in [-0.39, 0.29) is 33.4 Å². The van der Waals surface area contributed by atoms with E-state index in [2.05, 4.69) is 14.6 Å². The summed E-state index contributed by atoms with van der Waals surface area (Å²) in [6, 6.07) is 9.87.